The quantitative estimate of drug-likeness (QED) is 0.452. The van der Waals surface area contributed by atoms with Crippen LogP contribution in [-0.2, 0) is 9.47 Å². The molecule has 0 bridgehead atoms. The Hall–Kier alpha value is -2.50. The predicted octanol–water partition coefficient (Wildman–Crippen LogP) is 1.50. The van der Waals surface area contributed by atoms with Crippen LogP contribution < -0.4 is 5.32 Å². The van der Waals surface area contributed by atoms with Crippen molar-refractivity contribution in [3.8, 4) is 5.75 Å². The molecule has 1 saturated heterocycles. The van der Waals surface area contributed by atoms with Crippen molar-refractivity contribution < 1.29 is 24.8 Å². The summed E-state index contributed by atoms with van der Waals surface area (Å²) in [4.78, 5) is 13.2. The number of ether oxygens (including phenoxy) is 2. The van der Waals surface area contributed by atoms with Crippen LogP contribution in [0, 0.1) is 6.92 Å². The van der Waals surface area contributed by atoms with Crippen molar-refractivity contribution in [1.29, 1.82) is 0 Å². The maximum Gasteiger partial charge on any atom is 0.167 e. The Morgan fingerprint density at radius 1 is 1.28 bits per heavy atom. The highest BCUT2D eigenvalue weighted by atomic mass is 35.5. The average Bonchev–Trinajstić information content (AvgIpc) is 3.21. The lowest BCUT2D eigenvalue weighted by Gasteiger charge is -2.17. The Balaban J connectivity index is 1.71. The predicted molar refractivity (Wildman–Crippen MR) is 104 cm³/mol. The van der Waals surface area contributed by atoms with Crippen molar-refractivity contribution in [2.45, 2.75) is 31.5 Å². The van der Waals surface area contributed by atoms with Crippen molar-refractivity contribution in [2.75, 3.05) is 19.0 Å². The maximum atomic E-state index is 10.4. The van der Waals surface area contributed by atoms with Gasteiger partial charge in [0.15, 0.2) is 23.2 Å². The molecule has 0 amide bonds. The normalized spacial score (nSPS) is 24.3. The standard InChI is InChI=1S/C18H20ClN5O5/c1-8-21-16(23-9-3-4-11(25)10(19)5-9)13-17(22-8)24(7-20-13)18-15(27)14(26)12(29-18)6-28-2/h3-5,7,12,14-15,18,25-27H,6H2,1-2H3,(H,21,22,23)/t12-,14-,15-,18-/m1/s1. The number of imidazole rings is 1. The molecule has 3 heterocycles. The second-order valence-electron chi connectivity index (χ2n) is 6.74. The zero-order chi connectivity index (χ0) is 20.7. The monoisotopic (exact) mass is 421 g/mol. The van der Waals surface area contributed by atoms with E-state index in [1.54, 1.807) is 23.6 Å². The van der Waals surface area contributed by atoms with E-state index in [9.17, 15) is 15.3 Å². The zero-order valence-corrected chi connectivity index (χ0v) is 16.4. The van der Waals surface area contributed by atoms with Crippen LogP contribution in [0.3, 0.4) is 0 Å². The van der Waals surface area contributed by atoms with Crippen LogP contribution >= 0.6 is 11.6 Å². The Bertz CT molecular complexity index is 1040. The summed E-state index contributed by atoms with van der Waals surface area (Å²) in [7, 11) is 1.49. The SMILES string of the molecule is COC[C@H]1O[C@@H](n2cnc3c(Nc4ccc(O)c(Cl)c4)nc(C)nc32)[C@H](O)[C@@H]1O. The molecule has 0 spiro atoms. The lowest BCUT2D eigenvalue weighted by atomic mass is 10.1. The molecule has 0 aliphatic carbocycles. The van der Waals surface area contributed by atoms with Gasteiger partial charge in [-0.05, 0) is 25.1 Å². The summed E-state index contributed by atoms with van der Waals surface area (Å²) in [5.41, 5.74) is 1.48. The number of hydrogen-bond donors (Lipinski definition) is 4. The van der Waals surface area contributed by atoms with Gasteiger partial charge < -0.3 is 30.1 Å². The second-order valence-corrected chi connectivity index (χ2v) is 7.14. The minimum absolute atomic E-state index is 0.0259. The van der Waals surface area contributed by atoms with Gasteiger partial charge in [-0.2, -0.15) is 0 Å². The number of aliphatic hydroxyl groups excluding tert-OH is 2. The summed E-state index contributed by atoms with van der Waals surface area (Å²) in [5, 5.41) is 33.6. The molecular weight excluding hydrogens is 402 g/mol. The number of phenols is 1. The van der Waals surface area contributed by atoms with E-state index in [2.05, 4.69) is 20.3 Å². The molecule has 3 aromatic rings. The fourth-order valence-corrected chi connectivity index (χ4v) is 3.46. The van der Waals surface area contributed by atoms with Crippen molar-refractivity contribution >= 4 is 34.3 Å². The minimum Gasteiger partial charge on any atom is -0.506 e. The third-order valence-electron chi connectivity index (χ3n) is 4.69. The molecule has 2 aromatic heterocycles. The number of hydrogen-bond acceptors (Lipinski definition) is 9. The summed E-state index contributed by atoms with van der Waals surface area (Å²) >= 11 is 5.97. The first-order chi connectivity index (χ1) is 13.9. The highest BCUT2D eigenvalue weighted by Crippen LogP contribution is 2.34. The second kappa shape index (κ2) is 7.73. The van der Waals surface area contributed by atoms with Gasteiger partial charge in [0.05, 0.1) is 18.0 Å². The molecule has 4 rings (SSSR count). The number of methoxy groups -OCH3 is 1. The van der Waals surface area contributed by atoms with Gasteiger partial charge in [-0.15, -0.1) is 0 Å². The van der Waals surface area contributed by atoms with Gasteiger partial charge in [0.25, 0.3) is 0 Å². The molecule has 0 unspecified atom stereocenters. The fourth-order valence-electron chi connectivity index (χ4n) is 3.28. The average molecular weight is 422 g/mol. The summed E-state index contributed by atoms with van der Waals surface area (Å²) in [6.45, 7) is 1.87. The number of phenolic OH excluding ortho intramolecular Hbond substituents is 1. The molecule has 0 saturated carbocycles. The molecular formula is C18H20ClN5O5. The molecule has 10 nitrogen and oxygen atoms in total. The number of rotatable bonds is 5. The van der Waals surface area contributed by atoms with Crippen LogP contribution in [0.5, 0.6) is 5.75 Å². The van der Waals surface area contributed by atoms with Crippen LogP contribution in [0.25, 0.3) is 11.2 Å². The molecule has 4 N–H and O–H groups in total. The van der Waals surface area contributed by atoms with Crippen molar-refractivity contribution in [2.24, 2.45) is 0 Å². The molecule has 4 atom stereocenters. The van der Waals surface area contributed by atoms with Crippen LogP contribution in [0.2, 0.25) is 5.02 Å². The zero-order valence-electron chi connectivity index (χ0n) is 15.7. The number of nitrogens with zero attached hydrogens (tertiary/aromatic N) is 4. The topological polar surface area (TPSA) is 135 Å². The molecule has 1 aliphatic heterocycles. The van der Waals surface area contributed by atoms with E-state index in [0.717, 1.165) is 0 Å². The van der Waals surface area contributed by atoms with E-state index >= 15 is 0 Å². The van der Waals surface area contributed by atoms with E-state index < -0.39 is 24.5 Å². The summed E-state index contributed by atoms with van der Waals surface area (Å²) in [5.74, 6) is 0.865. The lowest BCUT2D eigenvalue weighted by Crippen LogP contribution is -2.33. The molecule has 11 heteroatoms. The molecule has 154 valence electrons. The first-order valence-electron chi connectivity index (χ1n) is 8.86. The number of benzene rings is 1. The van der Waals surface area contributed by atoms with E-state index in [1.165, 1.54) is 19.5 Å². The van der Waals surface area contributed by atoms with Crippen LogP contribution in [0.4, 0.5) is 11.5 Å². The lowest BCUT2D eigenvalue weighted by molar-refractivity contribution is -0.0580. The molecule has 1 aromatic carbocycles. The Labute approximate surface area is 170 Å². The number of halogens is 1. The summed E-state index contributed by atoms with van der Waals surface area (Å²) in [6, 6.07) is 4.68. The van der Waals surface area contributed by atoms with Gasteiger partial charge >= 0.3 is 0 Å². The van der Waals surface area contributed by atoms with E-state index in [4.69, 9.17) is 21.1 Å². The number of anilines is 2. The van der Waals surface area contributed by atoms with Crippen molar-refractivity contribution in [3.63, 3.8) is 0 Å². The summed E-state index contributed by atoms with van der Waals surface area (Å²) < 4.78 is 12.4. The van der Waals surface area contributed by atoms with E-state index in [-0.39, 0.29) is 17.4 Å². The molecule has 29 heavy (non-hydrogen) atoms. The maximum absolute atomic E-state index is 10.4. The van der Waals surface area contributed by atoms with Gasteiger partial charge in [-0.3, -0.25) is 4.57 Å². The van der Waals surface area contributed by atoms with Gasteiger partial charge in [-0.1, -0.05) is 11.6 Å². The third kappa shape index (κ3) is 3.61. The fraction of sp³-hybridized carbons (Fsp3) is 0.389. The smallest absolute Gasteiger partial charge is 0.167 e. The van der Waals surface area contributed by atoms with E-state index in [0.29, 0.717) is 28.5 Å². The molecule has 1 fully saturated rings. The number of fused-ring (bicyclic) bond motifs is 1. The number of aromatic nitrogens is 4. The third-order valence-corrected chi connectivity index (χ3v) is 4.99. The van der Waals surface area contributed by atoms with Crippen molar-refractivity contribution in [1.82, 2.24) is 19.5 Å². The molecule has 1 aliphatic rings. The van der Waals surface area contributed by atoms with Crippen LogP contribution in [-0.4, -0.2) is 66.9 Å². The number of aliphatic hydroxyl groups is 2. The number of nitrogens with one attached hydrogen (secondary N) is 1. The van der Waals surface area contributed by atoms with Gasteiger partial charge in [-0.25, -0.2) is 15.0 Å². The van der Waals surface area contributed by atoms with Crippen LogP contribution in [0.15, 0.2) is 24.5 Å². The van der Waals surface area contributed by atoms with E-state index in [1.807, 2.05) is 0 Å². The Morgan fingerprint density at radius 3 is 2.79 bits per heavy atom. The largest absolute Gasteiger partial charge is 0.506 e. The number of aryl methyl sites for hydroxylation is 1. The minimum atomic E-state index is -1.17. The number of aromatic hydroxyl groups is 1. The van der Waals surface area contributed by atoms with Gasteiger partial charge in [0.2, 0.25) is 0 Å². The van der Waals surface area contributed by atoms with Gasteiger partial charge in [0, 0.05) is 12.8 Å². The highest BCUT2D eigenvalue weighted by Gasteiger charge is 2.44. The Morgan fingerprint density at radius 2 is 2.07 bits per heavy atom. The first kappa shape index (κ1) is 19.8. The summed E-state index contributed by atoms with van der Waals surface area (Å²) in [6.07, 6.45) is -2.34. The van der Waals surface area contributed by atoms with Gasteiger partial charge in [0.1, 0.15) is 29.9 Å². The highest BCUT2D eigenvalue weighted by molar-refractivity contribution is 6.32. The van der Waals surface area contributed by atoms with Crippen molar-refractivity contribution in [3.05, 3.63) is 35.4 Å². The van der Waals surface area contributed by atoms with Crippen LogP contribution in [0.1, 0.15) is 12.1 Å². The molecule has 0 radical (unpaired) electrons. The first-order valence-corrected chi connectivity index (χ1v) is 9.24. The Kier molecular flexibility index (Phi) is 5.28.